The van der Waals surface area contributed by atoms with Crippen molar-refractivity contribution >= 4 is 0 Å². The smallest absolute Gasteiger partial charge is 0.102 e. The highest BCUT2D eigenvalue weighted by molar-refractivity contribution is 4.65. The van der Waals surface area contributed by atoms with Crippen molar-refractivity contribution in [3.8, 4) is 0 Å². The van der Waals surface area contributed by atoms with Gasteiger partial charge >= 0.3 is 0 Å². The lowest BCUT2D eigenvalue weighted by atomic mass is 10.0. The number of quaternary nitrogens is 1. The molecule has 0 spiro atoms. The normalized spacial score (nSPS) is 14.8. The number of piperazine rings is 1. The molecule has 0 aromatic carbocycles. The zero-order valence-corrected chi connectivity index (χ0v) is 35.8. The van der Waals surface area contributed by atoms with E-state index in [-0.39, 0.29) is 24.0 Å². The van der Waals surface area contributed by atoms with Crippen molar-refractivity contribution in [2.75, 3.05) is 78.8 Å². The van der Waals surface area contributed by atoms with E-state index >= 15 is 0 Å². The van der Waals surface area contributed by atoms with Crippen LogP contribution < -0.4 is 29.7 Å². The molecule has 1 saturated heterocycles. The number of nitrogens with two attached hydrogens (primary N) is 1. The van der Waals surface area contributed by atoms with E-state index in [0.717, 1.165) is 52.5 Å². The second-order valence-electron chi connectivity index (χ2n) is 15.6. The van der Waals surface area contributed by atoms with E-state index in [1.807, 2.05) is 0 Å². The van der Waals surface area contributed by atoms with Crippen LogP contribution in [0.1, 0.15) is 200 Å². The Morgan fingerprint density at radius 3 is 1.14 bits per heavy atom. The first kappa shape index (κ1) is 49.5. The first-order chi connectivity index (χ1) is 23.8. The van der Waals surface area contributed by atoms with Gasteiger partial charge in [0.05, 0.1) is 32.8 Å². The summed E-state index contributed by atoms with van der Waals surface area (Å²) in [5, 5.41) is 0. The first-order valence-corrected chi connectivity index (χ1v) is 22.2. The van der Waals surface area contributed by atoms with E-state index in [0.29, 0.717) is 0 Å². The van der Waals surface area contributed by atoms with Crippen molar-refractivity contribution in [2.45, 2.75) is 200 Å². The number of ether oxygens (including phenoxy) is 2. The van der Waals surface area contributed by atoms with E-state index in [1.165, 1.54) is 217 Å². The monoisotopic (exact) mass is 808 g/mol. The van der Waals surface area contributed by atoms with Crippen molar-refractivity contribution in [1.29, 1.82) is 0 Å². The van der Waals surface area contributed by atoms with Crippen LogP contribution in [0, 0.1) is 0 Å². The van der Waals surface area contributed by atoms with E-state index in [4.69, 9.17) is 15.2 Å². The van der Waals surface area contributed by atoms with Crippen molar-refractivity contribution in [3.63, 3.8) is 0 Å². The molecule has 0 atom stereocenters. The minimum atomic E-state index is 0. The first-order valence-electron chi connectivity index (χ1n) is 22.2. The fourth-order valence-electron chi connectivity index (χ4n) is 7.59. The Morgan fingerprint density at radius 2 is 0.776 bits per heavy atom. The Labute approximate surface area is 326 Å². The Morgan fingerprint density at radius 1 is 0.429 bits per heavy atom. The number of nitrogens with zero attached hydrogens (tertiary/aromatic N) is 2. The summed E-state index contributed by atoms with van der Waals surface area (Å²) >= 11 is 0. The lowest BCUT2D eigenvalue weighted by Crippen LogP contribution is -3.00. The third kappa shape index (κ3) is 32.9. The lowest BCUT2D eigenvalue weighted by molar-refractivity contribution is -0.932. The van der Waals surface area contributed by atoms with E-state index in [9.17, 15) is 0 Å². The lowest BCUT2D eigenvalue weighted by Gasteiger charge is -2.45. The zero-order valence-electron chi connectivity index (χ0n) is 33.7. The molecule has 0 amide bonds. The van der Waals surface area contributed by atoms with Crippen LogP contribution in [0.4, 0.5) is 0 Å². The molecule has 49 heavy (non-hydrogen) atoms. The number of unbranched alkanes of at least 4 members (excludes halogenated alkanes) is 26. The van der Waals surface area contributed by atoms with Crippen LogP contribution >= 0.6 is 0 Å². The standard InChI is InChI=1S/C43H90N3O2.HI/c1-3-5-7-9-11-13-15-17-19-21-23-25-27-29-40-47-42-35-45-33-37-46(38-34-45,36-31-32-44)39-43-48-41-30-28-26-24-22-20-18-16-14-12-10-8-6-4-2;/h3-44H2,1-2H3;1H/q+1;/p-1. The van der Waals surface area contributed by atoms with Crippen LogP contribution in [0.5, 0.6) is 0 Å². The Kier molecular flexibility index (Phi) is 40.2. The molecular weight excluding hydrogens is 717 g/mol. The van der Waals surface area contributed by atoms with Gasteiger partial charge in [-0.25, -0.2) is 0 Å². The number of halogens is 1. The summed E-state index contributed by atoms with van der Waals surface area (Å²) in [6.45, 7) is 17.4. The summed E-state index contributed by atoms with van der Waals surface area (Å²) in [5.41, 5.74) is 5.94. The van der Waals surface area contributed by atoms with E-state index in [1.54, 1.807) is 0 Å². The molecule has 0 aromatic heterocycles. The fraction of sp³-hybridized carbons (Fsp3) is 1.00. The molecule has 6 heteroatoms. The highest BCUT2D eigenvalue weighted by Gasteiger charge is 2.32. The van der Waals surface area contributed by atoms with Crippen LogP contribution in [0.25, 0.3) is 0 Å². The van der Waals surface area contributed by atoms with E-state index in [2.05, 4.69) is 18.7 Å². The van der Waals surface area contributed by atoms with Crippen molar-refractivity contribution < 1.29 is 37.9 Å². The summed E-state index contributed by atoms with van der Waals surface area (Å²) in [4.78, 5) is 2.62. The molecule has 5 nitrogen and oxygen atoms in total. The summed E-state index contributed by atoms with van der Waals surface area (Å²) in [5.74, 6) is 0. The second kappa shape index (κ2) is 39.7. The largest absolute Gasteiger partial charge is 1.00 e. The average Bonchev–Trinajstić information content (AvgIpc) is 3.11. The predicted molar refractivity (Wildman–Crippen MR) is 212 cm³/mol. The van der Waals surface area contributed by atoms with Crippen molar-refractivity contribution in [2.24, 2.45) is 5.73 Å². The van der Waals surface area contributed by atoms with Gasteiger partial charge in [-0.2, -0.15) is 0 Å². The average molecular weight is 808 g/mol. The van der Waals surface area contributed by atoms with Crippen LogP contribution in [0.3, 0.4) is 0 Å². The Hall–Kier alpha value is 0.530. The molecule has 2 N–H and O–H groups in total. The maximum Gasteiger partial charge on any atom is 0.102 e. The van der Waals surface area contributed by atoms with Gasteiger partial charge in [-0.3, -0.25) is 4.90 Å². The van der Waals surface area contributed by atoms with Gasteiger partial charge in [0, 0.05) is 39.3 Å². The quantitative estimate of drug-likeness (QED) is 0.0385. The number of hydrogen-bond acceptors (Lipinski definition) is 4. The van der Waals surface area contributed by atoms with Gasteiger partial charge in [0.15, 0.2) is 0 Å². The molecule has 1 aliphatic rings. The van der Waals surface area contributed by atoms with Gasteiger partial charge < -0.3 is 43.7 Å². The van der Waals surface area contributed by atoms with Crippen LogP contribution in [-0.2, 0) is 9.47 Å². The summed E-state index contributed by atoms with van der Waals surface area (Å²) in [6.07, 6.45) is 40.6. The molecule has 1 heterocycles. The molecule has 0 unspecified atom stereocenters. The second-order valence-corrected chi connectivity index (χ2v) is 15.6. The van der Waals surface area contributed by atoms with Gasteiger partial charge in [0.25, 0.3) is 0 Å². The van der Waals surface area contributed by atoms with Crippen LogP contribution in [-0.4, -0.2) is 88.2 Å². The maximum atomic E-state index is 6.16. The van der Waals surface area contributed by atoms with Gasteiger partial charge in [-0.15, -0.1) is 0 Å². The van der Waals surface area contributed by atoms with Gasteiger partial charge in [0.1, 0.15) is 6.54 Å². The topological polar surface area (TPSA) is 47.7 Å². The summed E-state index contributed by atoms with van der Waals surface area (Å²) in [6, 6.07) is 0. The summed E-state index contributed by atoms with van der Waals surface area (Å²) < 4.78 is 13.4. The maximum absolute atomic E-state index is 6.16. The SMILES string of the molecule is CCCCCCCCCCCCCCCCOCCN1CC[N+](CCCN)(CCOCCCCCCCCCCCCCCCC)CC1.[I-]. The summed E-state index contributed by atoms with van der Waals surface area (Å²) in [7, 11) is 0. The Bertz CT molecular complexity index is 618. The van der Waals surface area contributed by atoms with Gasteiger partial charge in [0.2, 0.25) is 0 Å². The molecular formula is C43H90IN3O2. The molecule has 0 saturated carbocycles. The van der Waals surface area contributed by atoms with Gasteiger partial charge in [-0.05, 0) is 19.4 Å². The number of rotatable bonds is 39. The molecule has 0 aliphatic carbocycles. The molecule has 0 bridgehead atoms. The highest BCUT2D eigenvalue weighted by Crippen LogP contribution is 2.16. The van der Waals surface area contributed by atoms with Crippen LogP contribution in [0.2, 0.25) is 0 Å². The Balaban J connectivity index is 0.0000230. The third-order valence-electron chi connectivity index (χ3n) is 11.2. The van der Waals surface area contributed by atoms with E-state index < -0.39 is 0 Å². The fourth-order valence-corrected chi connectivity index (χ4v) is 7.59. The molecule has 0 radical (unpaired) electrons. The predicted octanol–water partition coefficient (Wildman–Crippen LogP) is 8.47. The molecule has 1 aliphatic heterocycles. The third-order valence-corrected chi connectivity index (χ3v) is 11.2. The van der Waals surface area contributed by atoms with Crippen molar-refractivity contribution in [3.05, 3.63) is 0 Å². The minimum Gasteiger partial charge on any atom is -1.00 e. The molecule has 0 aromatic rings. The van der Waals surface area contributed by atoms with Crippen LogP contribution in [0.15, 0.2) is 0 Å². The number of hydrogen-bond donors (Lipinski definition) is 1. The minimum absolute atomic E-state index is 0. The molecule has 296 valence electrons. The molecule has 1 fully saturated rings. The zero-order chi connectivity index (χ0) is 34.5. The van der Waals surface area contributed by atoms with Gasteiger partial charge in [-0.1, -0.05) is 181 Å². The highest BCUT2D eigenvalue weighted by atomic mass is 127. The molecule has 1 rings (SSSR count). The van der Waals surface area contributed by atoms with Crippen molar-refractivity contribution in [1.82, 2.24) is 4.90 Å².